The number of anilines is 2. The van der Waals surface area contributed by atoms with Crippen molar-refractivity contribution < 1.29 is 18.6 Å². The minimum absolute atomic E-state index is 0.249. The Bertz CT molecular complexity index is 1740. The van der Waals surface area contributed by atoms with Gasteiger partial charge in [-0.15, -0.1) is 0 Å². The van der Waals surface area contributed by atoms with Crippen LogP contribution in [0.5, 0.6) is 11.6 Å². The number of halogens is 1. The van der Waals surface area contributed by atoms with Crippen molar-refractivity contribution in [2.24, 2.45) is 0 Å². The van der Waals surface area contributed by atoms with Gasteiger partial charge >= 0.3 is 0 Å². The molecular formula is C34H38FN7O3. The fourth-order valence-corrected chi connectivity index (χ4v) is 5.31. The smallest absolute Gasteiger partial charge is 0.232 e. The molecule has 0 bridgehead atoms. The zero-order valence-electron chi connectivity index (χ0n) is 25.8. The molecule has 5 aromatic rings. The van der Waals surface area contributed by atoms with Crippen LogP contribution in [0, 0.1) is 12.7 Å². The molecule has 0 spiro atoms. The highest BCUT2D eigenvalue weighted by Crippen LogP contribution is 2.37. The maximum absolute atomic E-state index is 15.5. The second-order valence-electron chi connectivity index (χ2n) is 11.2. The minimum Gasteiger partial charge on any atom is -0.487 e. The fourth-order valence-electron chi connectivity index (χ4n) is 5.31. The summed E-state index contributed by atoms with van der Waals surface area (Å²) in [4.78, 5) is 21.7. The van der Waals surface area contributed by atoms with Gasteiger partial charge < -0.3 is 29.4 Å². The van der Waals surface area contributed by atoms with E-state index in [1.807, 2.05) is 31.2 Å². The maximum atomic E-state index is 15.5. The van der Waals surface area contributed by atoms with Crippen LogP contribution < -0.4 is 14.8 Å². The predicted molar refractivity (Wildman–Crippen MR) is 172 cm³/mol. The Kier molecular flexibility index (Phi) is 9.49. The third-order valence-corrected chi connectivity index (χ3v) is 7.96. The lowest BCUT2D eigenvalue weighted by Gasteiger charge is -2.32. The van der Waals surface area contributed by atoms with Crippen LogP contribution in [0.4, 0.5) is 16.0 Å². The number of aromatic nitrogens is 4. The van der Waals surface area contributed by atoms with Crippen LogP contribution in [0.25, 0.3) is 22.2 Å². The van der Waals surface area contributed by atoms with Gasteiger partial charge in [0, 0.05) is 75.1 Å². The zero-order chi connectivity index (χ0) is 31.2. The summed E-state index contributed by atoms with van der Waals surface area (Å²) in [5, 5.41) is 3.87. The summed E-state index contributed by atoms with van der Waals surface area (Å²) >= 11 is 0. The van der Waals surface area contributed by atoms with Gasteiger partial charge in [0.25, 0.3) is 0 Å². The number of pyridine rings is 1. The molecule has 45 heavy (non-hydrogen) atoms. The van der Waals surface area contributed by atoms with Gasteiger partial charge in [0.1, 0.15) is 30.4 Å². The molecule has 10 nitrogen and oxygen atoms in total. The lowest BCUT2D eigenvalue weighted by atomic mass is 10.1. The number of H-pyrrole nitrogens is 1. The van der Waals surface area contributed by atoms with E-state index in [9.17, 15) is 0 Å². The van der Waals surface area contributed by atoms with Gasteiger partial charge in [0.05, 0.1) is 17.7 Å². The first-order valence-electron chi connectivity index (χ1n) is 15.1. The van der Waals surface area contributed by atoms with Gasteiger partial charge in [-0.25, -0.2) is 4.39 Å². The SMILES string of the molecule is COCCOc1nc(Nc2ccc(CN3CCN(C)CC3)cc2)nc2[nH]cc(-c3ccc(OCc4ncccc4C)cc3F)c12. The molecule has 1 aliphatic heterocycles. The number of nitrogens with zero attached hydrogens (tertiary/aromatic N) is 5. The molecule has 0 unspecified atom stereocenters. The molecule has 0 aliphatic carbocycles. The molecule has 234 valence electrons. The van der Waals surface area contributed by atoms with E-state index in [1.54, 1.807) is 31.6 Å². The van der Waals surface area contributed by atoms with Crippen LogP contribution in [0.3, 0.4) is 0 Å². The predicted octanol–water partition coefficient (Wildman–Crippen LogP) is 5.56. The molecule has 1 aliphatic rings. The minimum atomic E-state index is -0.437. The second kappa shape index (κ2) is 14.0. The number of aromatic amines is 1. The van der Waals surface area contributed by atoms with Gasteiger partial charge in [0.2, 0.25) is 11.8 Å². The molecule has 0 amide bonds. The summed E-state index contributed by atoms with van der Waals surface area (Å²) in [6.07, 6.45) is 3.43. The third kappa shape index (κ3) is 7.39. The van der Waals surface area contributed by atoms with E-state index in [0.717, 1.165) is 49.7 Å². The molecule has 0 saturated carbocycles. The van der Waals surface area contributed by atoms with Crippen molar-refractivity contribution in [1.29, 1.82) is 0 Å². The summed E-state index contributed by atoms with van der Waals surface area (Å²) in [7, 11) is 3.77. The van der Waals surface area contributed by atoms with Gasteiger partial charge in [-0.05, 0) is 55.4 Å². The maximum Gasteiger partial charge on any atom is 0.232 e. The van der Waals surface area contributed by atoms with E-state index >= 15 is 4.39 Å². The molecule has 0 atom stereocenters. The quantitative estimate of drug-likeness (QED) is 0.176. The Balaban J connectivity index is 1.21. The molecule has 6 rings (SSSR count). The van der Waals surface area contributed by atoms with Crippen molar-refractivity contribution in [3.8, 4) is 22.8 Å². The highest BCUT2D eigenvalue weighted by atomic mass is 19.1. The van der Waals surface area contributed by atoms with Crippen LogP contribution in [0.15, 0.2) is 67.0 Å². The standard InChI is InChI=1S/C34H38FN7O3/c1-23-5-4-12-36-30(23)22-45-26-10-11-27(29(35)19-26)28-20-37-32-31(28)33(44-18-17-43-3)40-34(39-32)38-25-8-6-24(7-9-25)21-42-15-13-41(2)14-16-42/h4-12,19-20H,13-18,21-22H2,1-3H3,(H2,37,38,39,40). The van der Waals surface area contributed by atoms with Crippen molar-refractivity contribution >= 4 is 22.7 Å². The molecular weight excluding hydrogens is 573 g/mol. The highest BCUT2D eigenvalue weighted by molar-refractivity contribution is 5.98. The molecule has 11 heteroatoms. The first-order valence-corrected chi connectivity index (χ1v) is 15.1. The van der Waals surface area contributed by atoms with E-state index in [0.29, 0.717) is 46.3 Å². The number of rotatable bonds is 12. The normalized spacial score (nSPS) is 14.1. The number of piperazine rings is 1. The van der Waals surface area contributed by atoms with Crippen LogP contribution in [-0.4, -0.2) is 83.3 Å². The van der Waals surface area contributed by atoms with Gasteiger partial charge in [-0.3, -0.25) is 9.88 Å². The second-order valence-corrected chi connectivity index (χ2v) is 11.2. The lowest BCUT2D eigenvalue weighted by Crippen LogP contribution is -2.43. The van der Waals surface area contributed by atoms with Crippen LogP contribution in [0.1, 0.15) is 16.8 Å². The first kappa shape index (κ1) is 30.4. The molecule has 1 fully saturated rings. The van der Waals surface area contributed by atoms with Crippen molar-refractivity contribution in [2.45, 2.75) is 20.1 Å². The average molecular weight is 612 g/mol. The number of hydrogen-bond donors (Lipinski definition) is 2. The summed E-state index contributed by atoms with van der Waals surface area (Å²) < 4.78 is 32.6. The van der Waals surface area contributed by atoms with Gasteiger partial charge in [-0.2, -0.15) is 9.97 Å². The summed E-state index contributed by atoms with van der Waals surface area (Å²) in [6, 6.07) is 16.9. The van der Waals surface area contributed by atoms with Crippen LogP contribution in [-0.2, 0) is 17.9 Å². The van der Waals surface area contributed by atoms with E-state index in [4.69, 9.17) is 19.2 Å². The van der Waals surface area contributed by atoms with Crippen LogP contribution in [0.2, 0.25) is 0 Å². The number of nitrogens with one attached hydrogen (secondary N) is 2. The number of hydrogen-bond acceptors (Lipinski definition) is 9. The molecule has 0 radical (unpaired) electrons. The van der Waals surface area contributed by atoms with Crippen molar-refractivity contribution in [1.82, 2.24) is 29.7 Å². The monoisotopic (exact) mass is 611 g/mol. The number of aryl methyl sites for hydroxylation is 1. The van der Waals surface area contributed by atoms with Crippen LogP contribution >= 0.6 is 0 Å². The third-order valence-electron chi connectivity index (χ3n) is 7.96. The summed E-state index contributed by atoms with van der Waals surface area (Å²) in [5.74, 6) is 0.667. The van der Waals surface area contributed by atoms with E-state index in [1.165, 1.54) is 11.6 Å². The van der Waals surface area contributed by atoms with E-state index in [2.05, 4.69) is 49.2 Å². The summed E-state index contributed by atoms with van der Waals surface area (Å²) in [5.41, 5.74) is 5.41. The number of methoxy groups -OCH3 is 1. The topological polar surface area (TPSA) is 101 Å². The van der Waals surface area contributed by atoms with Crippen molar-refractivity contribution in [3.05, 3.63) is 89.6 Å². The number of benzene rings is 2. The number of fused-ring (bicyclic) bond motifs is 1. The fraction of sp³-hybridized carbons (Fsp3) is 0.324. The number of ether oxygens (including phenoxy) is 3. The van der Waals surface area contributed by atoms with E-state index < -0.39 is 5.82 Å². The molecule has 2 N–H and O–H groups in total. The van der Waals surface area contributed by atoms with Gasteiger partial charge in [-0.1, -0.05) is 18.2 Å². The van der Waals surface area contributed by atoms with Gasteiger partial charge in [0.15, 0.2) is 0 Å². The summed E-state index contributed by atoms with van der Waals surface area (Å²) in [6.45, 7) is 8.11. The first-order chi connectivity index (χ1) is 22.0. The Morgan fingerprint density at radius 2 is 1.78 bits per heavy atom. The molecule has 4 heterocycles. The Morgan fingerprint density at radius 1 is 0.956 bits per heavy atom. The van der Waals surface area contributed by atoms with Crippen molar-refractivity contribution in [3.63, 3.8) is 0 Å². The Morgan fingerprint density at radius 3 is 2.53 bits per heavy atom. The van der Waals surface area contributed by atoms with E-state index in [-0.39, 0.29) is 13.2 Å². The molecule has 2 aromatic carbocycles. The molecule has 1 saturated heterocycles. The largest absolute Gasteiger partial charge is 0.487 e. The number of likely N-dealkylation sites (N-methyl/N-ethyl adjacent to an activating group) is 1. The zero-order valence-corrected chi connectivity index (χ0v) is 25.8. The lowest BCUT2D eigenvalue weighted by molar-refractivity contribution is 0.144. The van der Waals surface area contributed by atoms with Crippen molar-refractivity contribution in [2.75, 3.05) is 58.9 Å². The Labute approximate surface area is 262 Å². The average Bonchev–Trinajstić information content (AvgIpc) is 3.47. The highest BCUT2D eigenvalue weighted by Gasteiger charge is 2.20. The molecule has 3 aromatic heterocycles. The Hall–Kier alpha value is -4.58.